The molecule has 2 aromatic rings. The number of anilines is 2. The lowest BCUT2D eigenvalue weighted by Crippen LogP contribution is -2.38. The summed E-state index contributed by atoms with van der Waals surface area (Å²) >= 11 is 0. The Bertz CT molecular complexity index is 1020. The normalized spacial score (nSPS) is 23.6. The maximum absolute atomic E-state index is 13.4. The van der Waals surface area contributed by atoms with E-state index < -0.39 is 21.9 Å². The predicted molar refractivity (Wildman–Crippen MR) is 105 cm³/mol. The molecule has 0 radical (unpaired) electrons. The van der Waals surface area contributed by atoms with Gasteiger partial charge in [0.25, 0.3) is 0 Å². The summed E-state index contributed by atoms with van der Waals surface area (Å²) in [5.41, 5.74) is 3.52. The van der Waals surface area contributed by atoms with E-state index in [0.29, 0.717) is 11.4 Å². The van der Waals surface area contributed by atoms with Crippen molar-refractivity contribution in [2.24, 2.45) is 0 Å². The van der Waals surface area contributed by atoms with Gasteiger partial charge < -0.3 is 4.74 Å². The average Bonchev–Trinajstić information content (AvgIpc) is 3.06. The second kappa shape index (κ2) is 6.27. The van der Waals surface area contributed by atoms with Crippen molar-refractivity contribution in [3.8, 4) is 5.75 Å². The number of sulfone groups is 1. The zero-order valence-electron chi connectivity index (χ0n) is 15.5. The number of carbonyl (C=O) groups is 1. The number of benzene rings is 2. The first kappa shape index (κ1) is 17.9. The molecule has 0 unspecified atom stereocenters. The molecule has 0 spiro atoms. The molecule has 0 N–H and O–H groups in total. The zero-order valence-corrected chi connectivity index (χ0v) is 16.4. The van der Waals surface area contributed by atoms with Crippen molar-refractivity contribution in [3.63, 3.8) is 0 Å². The molecule has 0 saturated carbocycles. The zero-order chi connectivity index (χ0) is 19.3. The van der Waals surface area contributed by atoms with E-state index in [2.05, 4.69) is 0 Å². The summed E-state index contributed by atoms with van der Waals surface area (Å²) < 4.78 is 30.2. The SMILES string of the molecule is COc1ccccc1N1C(=O)N(c2ccc(C)c(C)c2)[C@H]2CS(=O)(=O)C[C@@H]21. The second-order valence-electron chi connectivity index (χ2n) is 7.17. The molecule has 7 heteroatoms. The lowest BCUT2D eigenvalue weighted by molar-refractivity contribution is 0.255. The fourth-order valence-electron chi connectivity index (χ4n) is 3.99. The van der Waals surface area contributed by atoms with Crippen molar-refractivity contribution in [1.82, 2.24) is 0 Å². The number of hydrogen-bond donors (Lipinski definition) is 0. The van der Waals surface area contributed by atoms with Gasteiger partial charge >= 0.3 is 6.03 Å². The number of hydrogen-bond acceptors (Lipinski definition) is 4. The maximum Gasteiger partial charge on any atom is 0.329 e. The minimum Gasteiger partial charge on any atom is -0.495 e. The Balaban J connectivity index is 1.84. The molecule has 2 aliphatic heterocycles. The summed E-state index contributed by atoms with van der Waals surface area (Å²) in [6, 6.07) is 12.0. The lowest BCUT2D eigenvalue weighted by atomic mass is 10.1. The number of urea groups is 1. The molecule has 4 rings (SSSR count). The van der Waals surface area contributed by atoms with Crippen LogP contribution in [-0.4, -0.2) is 45.1 Å². The van der Waals surface area contributed by atoms with Gasteiger partial charge in [-0.3, -0.25) is 9.80 Å². The van der Waals surface area contributed by atoms with Crippen LogP contribution in [0.15, 0.2) is 42.5 Å². The van der Waals surface area contributed by atoms with Crippen LogP contribution in [0.2, 0.25) is 0 Å². The third-order valence-electron chi connectivity index (χ3n) is 5.48. The molecule has 2 aliphatic rings. The van der Waals surface area contributed by atoms with Gasteiger partial charge in [0.2, 0.25) is 0 Å². The summed E-state index contributed by atoms with van der Waals surface area (Å²) in [5.74, 6) is 0.487. The molecule has 142 valence electrons. The fraction of sp³-hybridized carbons (Fsp3) is 0.350. The largest absolute Gasteiger partial charge is 0.495 e. The summed E-state index contributed by atoms with van der Waals surface area (Å²) in [6.07, 6.45) is 0. The molecule has 2 fully saturated rings. The Morgan fingerprint density at radius 1 is 0.963 bits per heavy atom. The van der Waals surface area contributed by atoms with E-state index in [9.17, 15) is 13.2 Å². The Labute approximate surface area is 159 Å². The van der Waals surface area contributed by atoms with Crippen LogP contribution < -0.4 is 14.5 Å². The summed E-state index contributed by atoms with van der Waals surface area (Å²) in [7, 11) is -1.68. The van der Waals surface area contributed by atoms with E-state index in [4.69, 9.17) is 4.74 Å². The second-order valence-corrected chi connectivity index (χ2v) is 9.33. The number of nitrogens with zero attached hydrogens (tertiary/aromatic N) is 2. The molecule has 2 saturated heterocycles. The predicted octanol–water partition coefficient (Wildman–Crippen LogP) is 2.92. The summed E-state index contributed by atoms with van der Waals surface area (Å²) in [5, 5.41) is 0. The molecule has 2 amide bonds. The number of amides is 2. The van der Waals surface area contributed by atoms with Crippen LogP contribution in [0.4, 0.5) is 16.2 Å². The molecule has 0 aliphatic carbocycles. The molecule has 0 aromatic heterocycles. The van der Waals surface area contributed by atoms with Gasteiger partial charge in [-0.2, -0.15) is 0 Å². The van der Waals surface area contributed by atoms with E-state index >= 15 is 0 Å². The molecule has 6 nitrogen and oxygen atoms in total. The number of para-hydroxylation sites is 2. The van der Waals surface area contributed by atoms with Crippen LogP contribution in [0, 0.1) is 13.8 Å². The van der Waals surface area contributed by atoms with Crippen LogP contribution >= 0.6 is 0 Å². The number of carbonyl (C=O) groups excluding carboxylic acids is 1. The molecule has 2 heterocycles. The highest BCUT2D eigenvalue weighted by molar-refractivity contribution is 7.91. The molecular weight excluding hydrogens is 364 g/mol. The highest BCUT2D eigenvalue weighted by atomic mass is 32.2. The minimum absolute atomic E-state index is 0.0258. The van der Waals surface area contributed by atoms with Crippen molar-refractivity contribution in [2.75, 3.05) is 28.4 Å². The molecule has 0 bridgehead atoms. The Kier molecular flexibility index (Phi) is 4.14. The number of ether oxygens (including phenoxy) is 1. The van der Waals surface area contributed by atoms with Crippen LogP contribution in [0.1, 0.15) is 11.1 Å². The van der Waals surface area contributed by atoms with Gasteiger partial charge in [0.15, 0.2) is 9.84 Å². The number of methoxy groups -OCH3 is 1. The van der Waals surface area contributed by atoms with Gasteiger partial charge in [-0.25, -0.2) is 13.2 Å². The summed E-state index contributed by atoms with van der Waals surface area (Å²) in [6.45, 7) is 4.00. The van der Waals surface area contributed by atoms with E-state index in [-0.39, 0.29) is 17.5 Å². The van der Waals surface area contributed by atoms with Crippen LogP contribution in [0.3, 0.4) is 0 Å². The van der Waals surface area contributed by atoms with Crippen molar-refractivity contribution >= 4 is 27.2 Å². The average molecular weight is 386 g/mol. The standard InChI is InChI=1S/C20H22N2O4S/c1-13-8-9-15(10-14(13)2)21-17-11-27(24,25)12-18(17)22(20(21)23)16-6-4-5-7-19(16)26-3/h4-10,17-18H,11-12H2,1-3H3/t17-,18-/m0/s1. The molecular formula is C20H22N2O4S. The van der Waals surface area contributed by atoms with Gasteiger partial charge in [0.1, 0.15) is 5.75 Å². The van der Waals surface area contributed by atoms with E-state index in [0.717, 1.165) is 16.8 Å². The van der Waals surface area contributed by atoms with Crippen LogP contribution in [0.5, 0.6) is 5.75 Å². The fourth-order valence-corrected chi connectivity index (χ4v) is 5.91. The highest BCUT2D eigenvalue weighted by Crippen LogP contribution is 2.41. The monoisotopic (exact) mass is 386 g/mol. The van der Waals surface area contributed by atoms with Gasteiger partial charge in [-0.15, -0.1) is 0 Å². The van der Waals surface area contributed by atoms with E-state index in [1.165, 1.54) is 0 Å². The Morgan fingerprint density at radius 3 is 2.30 bits per heavy atom. The summed E-state index contributed by atoms with van der Waals surface area (Å²) in [4.78, 5) is 16.6. The number of aryl methyl sites for hydroxylation is 2. The van der Waals surface area contributed by atoms with Gasteiger partial charge in [0.05, 0.1) is 36.4 Å². The topological polar surface area (TPSA) is 66.9 Å². The van der Waals surface area contributed by atoms with Gasteiger partial charge in [0, 0.05) is 5.69 Å². The number of rotatable bonds is 3. The smallest absolute Gasteiger partial charge is 0.329 e. The third-order valence-corrected chi connectivity index (χ3v) is 7.18. The van der Waals surface area contributed by atoms with E-state index in [1.54, 1.807) is 29.0 Å². The third kappa shape index (κ3) is 2.86. The Morgan fingerprint density at radius 2 is 1.63 bits per heavy atom. The first-order valence-corrected chi connectivity index (χ1v) is 10.7. The lowest BCUT2D eigenvalue weighted by Gasteiger charge is -2.24. The van der Waals surface area contributed by atoms with Crippen LogP contribution in [0.25, 0.3) is 0 Å². The highest BCUT2D eigenvalue weighted by Gasteiger charge is 2.55. The minimum atomic E-state index is -3.22. The van der Waals surface area contributed by atoms with Gasteiger partial charge in [-0.05, 0) is 49.2 Å². The first-order valence-electron chi connectivity index (χ1n) is 8.85. The van der Waals surface area contributed by atoms with Crippen molar-refractivity contribution in [1.29, 1.82) is 0 Å². The van der Waals surface area contributed by atoms with Crippen molar-refractivity contribution in [3.05, 3.63) is 53.6 Å². The van der Waals surface area contributed by atoms with E-state index in [1.807, 2.05) is 44.2 Å². The number of fused-ring (bicyclic) bond motifs is 1. The first-order chi connectivity index (χ1) is 12.8. The van der Waals surface area contributed by atoms with Gasteiger partial charge in [-0.1, -0.05) is 18.2 Å². The molecule has 2 atom stereocenters. The maximum atomic E-state index is 13.4. The molecule has 2 aromatic carbocycles. The van der Waals surface area contributed by atoms with Crippen LogP contribution in [-0.2, 0) is 9.84 Å². The van der Waals surface area contributed by atoms with Crippen molar-refractivity contribution in [2.45, 2.75) is 25.9 Å². The van der Waals surface area contributed by atoms with Crippen molar-refractivity contribution < 1.29 is 17.9 Å². The Hall–Kier alpha value is -2.54. The quantitative estimate of drug-likeness (QED) is 0.761. The molecule has 27 heavy (non-hydrogen) atoms.